The summed E-state index contributed by atoms with van der Waals surface area (Å²) in [6.45, 7) is 0.732. The molecule has 0 heterocycles. The van der Waals surface area contributed by atoms with Crippen molar-refractivity contribution >= 4 is 11.6 Å². The maximum Gasteiger partial charge on any atom is -0.00741 e. The Morgan fingerprint density at radius 1 is 0.750 bits per heavy atom. The standard InChI is InChI=1S/C23H23N/c24-16-8-12-19-11-7-15-22(17-19)23(21-13-5-2-6-14-21)18-20-9-3-1-4-10-20/h1-7,9-11,13-15,17-18H,8,12,16,24H2/b23-18+. The summed E-state index contributed by atoms with van der Waals surface area (Å²) in [6, 6.07) is 29.9. The Balaban J connectivity index is 2.04. The molecule has 120 valence electrons. The molecule has 0 radical (unpaired) electrons. The zero-order valence-corrected chi connectivity index (χ0v) is 13.9. The van der Waals surface area contributed by atoms with Crippen molar-refractivity contribution in [1.82, 2.24) is 0 Å². The highest BCUT2D eigenvalue weighted by Crippen LogP contribution is 2.27. The Morgan fingerprint density at radius 3 is 2.12 bits per heavy atom. The summed E-state index contributed by atoms with van der Waals surface area (Å²) in [5, 5.41) is 0. The molecule has 0 saturated carbocycles. The van der Waals surface area contributed by atoms with Crippen LogP contribution in [0.1, 0.15) is 28.7 Å². The van der Waals surface area contributed by atoms with Gasteiger partial charge >= 0.3 is 0 Å². The van der Waals surface area contributed by atoms with Crippen LogP contribution in [0.2, 0.25) is 0 Å². The van der Waals surface area contributed by atoms with E-state index >= 15 is 0 Å². The van der Waals surface area contributed by atoms with Crippen LogP contribution in [0.25, 0.3) is 11.6 Å². The molecule has 0 bridgehead atoms. The Kier molecular flexibility index (Phi) is 5.60. The molecule has 0 fully saturated rings. The van der Waals surface area contributed by atoms with Crippen LogP contribution in [-0.2, 0) is 6.42 Å². The van der Waals surface area contributed by atoms with Crippen molar-refractivity contribution < 1.29 is 0 Å². The predicted octanol–water partition coefficient (Wildman–Crippen LogP) is 5.17. The highest BCUT2D eigenvalue weighted by Gasteiger charge is 2.06. The number of hydrogen-bond acceptors (Lipinski definition) is 1. The third-order valence-electron chi connectivity index (χ3n) is 4.10. The second-order valence-electron chi connectivity index (χ2n) is 5.93. The van der Waals surface area contributed by atoms with Crippen LogP contribution in [0, 0.1) is 0 Å². The van der Waals surface area contributed by atoms with Crippen LogP contribution in [0.4, 0.5) is 0 Å². The van der Waals surface area contributed by atoms with Gasteiger partial charge in [-0.3, -0.25) is 0 Å². The number of benzene rings is 3. The highest BCUT2D eigenvalue weighted by atomic mass is 14.5. The summed E-state index contributed by atoms with van der Waals surface area (Å²) in [6.07, 6.45) is 4.31. The van der Waals surface area contributed by atoms with Gasteiger partial charge in [0.15, 0.2) is 0 Å². The maximum absolute atomic E-state index is 5.66. The van der Waals surface area contributed by atoms with E-state index in [0.29, 0.717) is 0 Å². The molecule has 3 aromatic rings. The van der Waals surface area contributed by atoms with Gasteiger partial charge in [-0.05, 0) is 53.3 Å². The van der Waals surface area contributed by atoms with Crippen LogP contribution in [-0.4, -0.2) is 6.54 Å². The lowest BCUT2D eigenvalue weighted by Crippen LogP contribution is -2.00. The summed E-state index contributed by atoms with van der Waals surface area (Å²) >= 11 is 0. The van der Waals surface area contributed by atoms with Gasteiger partial charge in [0.05, 0.1) is 0 Å². The number of nitrogens with two attached hydrogens (primary N) is 1. The molecule has 0 amide bonds. The Bertz CT molecular complexity index is 789. The van der Waals surface area contributed by atoms with E-state index in [1.165, 1.54) is 27.8 Å². The molecule has 0 atom stereocenters. The Hall–Kier alpha value is -2.64. The van der Waals surface area contributed by atoms with Crippen molar-refractivity contribution in [3.05, 3.63) is 107 Å². The van der Waals surface area contributed by atoms with E-state index < -0.39 is 0 Å². The predicted molar refractivity (Wildman–Crippen MR) is 104 cm³/mol. The van der Waals surface area contributed by atoms with Gasteiger partial charge < -0.3 is 5.73 Å². The first-order valence-corrected chi connectivity index (χ1v) is 8.48. The van der Waals surface area contributed by atoms with E-state index in [0.717, 1.165) is 19.4 Å². The molecule has 0 aliphatic carbocycles. The molecule has 0 saturated heterocycles. The fourth-order valence-corrected chi connectivity index (χ4v) is 2.87. The summed E-state index contributed by atoms with van der Waals surface area (Å²) in [4.78, 5) is 0. The van der Waals surface area contributed by atoms with Crippen molar-refractivity contribution in [2.75, 3.05) is 6.54 Å². The average molecular weight is 313 g/mol. The largest absolute Gasteiger partial charge is 0.330 e. The minimum absolute atomic E-state index is 0.732. The van der Waals surface area contributed by atoms with Crippen LogP contribution in [0.15, 0.2) is 84.9 Å². The lowest BCUT2D eigenvalue weighted by molar-refractivity contribution is 0.832. The quantitative estimate of drug-likeness (QED) is 0.624. The molecule has 2 N–H and O–H groups in total. The molecule has 0 aromatic heterocycles. The highest BCUT2D eigenvalue weighted by molar-refractivity contribution is 5.91. The first-order chi connectivity index (χ1) is 11.9. The monoisotopic (exact) mass is 313 g/mol. The molecular weight excluding hydrogens is 290 g/mol. The van der Waals surface area contributed by atoms with E-state index in [2.05, 4.69) is 84.9 Å². The van der Waals surface area contributed by atoms with Gasteiger partial charge in [-0.1, -0.05) is 84.9 Å². The van der Waals surface area contributed by atoms with Crippen LogP contribution < -0.4 is 5.73 Å². The average Bonchev–Trinajstić information content (AvgIpc) is 2.66. The van der Waals surface area contributed by atoms with Crippen LogP contribution >= 0.6 is 0 Å². The van der Waals surface area contributed by atoms with E-state index in [-0.39, 0.29) is 0 Å². The van der Waals surface area contributed by atoms with E-state index in [9.17, 15) is 0 Å². The lowest BCUT2D eigenvalue weighted by atomic mass is 9.94. The fourth-order valence-electron chi connectivity index (χ4n) is 2.87. The van der Waals surface area contributed by atoms with Crippen molar-refractivity contribution in [3.8, 4) is 0 Å². The smallest absolute Gasteiger partial charge is 0.00741 e. The third kappa shape index (κ3) is 4.21. The fraction of sp³-hybridized carbons (Fsp3) is 0.130. The Morgan fingerprint density at radius 2 is 1.42 bits per heavy atom. The molecule has 3 aromatic carbocycles. The Labute approximate surface area is 144 Å². The van der Waals surface area contributed by atoms with Gasteiger partial charge in [0.2, 0.25) is 0 Å². The van der Waals surface area contributed by atoms with Gasteiger partial charge in [0.25, 0.3) is 0 Å². The third-order valence-corrected chi connectivity index (χ3v) is 4.10. The van der Waals surface area contributed by atoms with Crippen molar-refractivity contribution in [3.63, 3.8) is 0 Å². The molecule has 3 rings (SSSR count). The molecule has 24 heavy (non-hydrogen) atoms. The molecular formula is C23H23N. The molecule has 0 spiro atoms. The topological polar surface area (TPSA) is 26.0 Å². The first-order valence-electron chi connectivity index (χ1n) is 8.48. The van der Waals surface area contributed by atoms with Crippen LogP contribution in [0.5, 0.6) is 0 Å². The van der Waals surface area contributed by atoms with Crippen LogP contribution in [0.3, 0.4) is 0 Å². The summed E-state index contributed by atoms with van der Waals surface area (Å²) < 4.78 is 0. The minimum Gasteiger partial charge on any atom is -0.330 e. The second kappa shape index (κ2) is 8.28. The van der Waals surface area contributed by atoms with E-state index in [1.807, 2.05) is 6.07 Å². The van der Waals surface area contributed by atoms with Gasteiger partial charge in [-0.15, -0.1) is 0 Å². The number of rotatable bonds is 6. The molecule has 1 heteroatoms. The van der Waals surface area contributed by atoms with E-state index in [1.54, 1.807) is 0 Å². The first kappa shape index (κ1) is 16.2. The molecule has 0 aliphatic rings. The maximum atomic E-state index is 5.66. The lowest BCUT2D eigenvalue weighted by Gasteiger charge is -2.11. The van der Waals surface area contributed by atoms with Gasteiger partial charge in [-0.2, -0.15) is 0 Å². The summed E-state index contributed by atoms with van der Waals surface area (Å²) in [5.41, 5.74) is 11.9. The minimum atomic E-state index is 0.732. The second-order valence-corrected chi connectivity index (χ2v) is 5.93. The SMILES string of the molecule is NCCCc1cccc(/C(=C/c2ccccc2)c2ccccc2)c1. The van der Waals surface area contributed by atoms with Gasteiger partial charge in [-0.25, -0.2) is 0 Å². The molecule has 0 unspecified atom stereocenters. The van der Waals surface area contributed by atoms with E-state index in [4.69, 9.17) is 5.73 Å². The molecule has 0 aliphatic heterocycles. The van der Waals surface area contributed by atoms with Crippen molar-refractivity contribution in [2.45, 2.75) is 12.8 Å². The van der Waals surface area contributed by atoms with Gasteiger partial charge in [0.1, 0.15) is 0 Å². The molecule has 1 nitrogen and oxygen atoms in total. The summed E-state index contributed by atoms with van der Waals surface area (Å²) in [7, 11) is 0. The van der Waals surface area contributed by atoms with Crippen molar-refractivity contribution in [2.24, 2.45) is 5.73 Å². The van der Waals surface area contributed by atoms with Crippen molar-refractivity contribution in [1.29, 1.82) is 0 Å². The van der Waals surface area contributed by atoms with Gasteiger partial charge in [0, 0.05) is 0 Å². The number of aryl methyl sites for hydroxylation is 1. The summed E-state index contributed by atoms with van der Waals surface area (Å²) in [5.74, 6) is 0. The number of hydrogen-bond donors (Lipinski definition) is 1. The zero-order chi connectivity index (χ0) is 16.6. The normalized spacial score (nSPS) is 11.5. The zero-order valence-electron chi connectivity index (χ0n) is 13.9.